The molecule has 0 aromatic heterocycles. The van der Waals surface area contributed by atoms with Gasteiger partial charge in [-0.3, -0.25) is 9.10 Å². The standard InChI is InChI=1S/C23H21ClN2O3S/c1-3-16-26(22-15-8-7-14-21(22)24)30(28,29)20-13-9-10-18(17-20)23(27)25(2)19-11-5-4-6-12-19/h3-15,17H,1,16H2,2H3. The monoisotopic (exact) mass is 440 g/mol. The molecule has 0 saturated heterocycles. The molecule has 154 valence electrons. The zero-order chi connectivity index (χ0) is 21.7. The minimum atomic E-state index is -3.98. The van der Waals surface area contributed by atoms with Crippen LogP contribution < -0.4 is 9.21 Å². The van der Waals surface area contributed by atoms with Crippen LogP contribution in [-0.2, 0) is 10.0 Å². The molecule has 3 rings (SSSR count). The molecule has 3 aromatic carbocycles. The number of para-hydroxylation sites is 2. The minimum Gasteiger partial charge on any atom is -0.311 e. The Morgan fingerprint density at radius 1 is 1.00 bits per heavy atom. The number of carbonyl (C=O) groups is 1. The molecule has 0 spiro atoms. The van der Waals surface area contributed by atoms with Crippen LogP contribution in [0.15, 0.2) is 96.4 Å². The van der Waals surface area contributed by atoms with Crippen molar-refractivity contribution in [2.24, 2.45) is 0 Å². The quantitative estimate of drug-likeness (QED) is 0.486. The molecule has 0 atom stereocenters. The normalized spacial score (nSPS) is 11.0. The fraction of sp³-hybridized carbons (Fsp3) is 0.0870. The Labute approximate surface area is 181 Å². The molecule has 30 heavy (non-hydrogen) atoms. The lowest BCUT2D eigenvalue weighted by Crippen LogP contribution is -2.32. The first kappa shape index (κ1) is 21.6. The second kappa shape index (κ2) is 9.15. The average molecular weight is 441 g/mol. The maximum absolute atomic E-state index is 13.4. The van der Waals surface area contributed by atoms with Crippen molar-refractivity contribution >= 4 is 38.9 Å². The predicted molar refractivity (Wildman–Crippen MR) is 122 cm³/mol. The number of anilines is 2. The zero-order valence-electron chi connectivity index (χ0n) is 16.4. The van der Waals surface area contributed by atoms with Gasteiger partial charge in [0, 0.05) is 18.3 Å². The van der Waals surface area contributed by atoms with Gasteiger partial charge >= 0.3 is 0 Å². The summed E-state index contributed by atoms with van der Waals surface area (Å²) in [7, 11) is -2.33. The van der Waals surface area contributed by atoms with Crippen LogP contribution in [0.5, 0.6) is 0 Å². The van der Waals surface area contributed by atoms with Gasteiger partial charge in [-0.05, 0) is 42.5 Å². The van der Waals surface area contributed by atoms with Gasteiger partial charge in [0.15, 0.2) is 0 Å². The number of hydrogen-bond donors (Lipinski definition) is 0. The molecule has 5 nitrogen and oxygen atoms in total. The number of amides is 1. The zero-order valence-corrected chi connectivity index (χ0v) is 18.0. The summed E-state index contributed by atoms with van der Waals surface area (Å²) in [6.07, 6.45) is 1.49. The summed E-state index contributed by atoms with van der Waals surface area (Å²) < 4.78 is 27.9. The lowest BCUT2D eigenvalue weighted by atomic mass is 10.2. The summed E-state index contributed by atoms with van der Waals surface area (Å²) >= 11 is 6.24. The second-order valence-corrected chi connectivity index (χ2v) is 8.77. The Balaban J connectivity index is 2.00. The van der Waals surface area contributed by atoms with E-state index in [0.717, 1.165) is 0 Å². The smallest absolute Gasteiger partial charge is 0.264 e. The van der Waals surface area contributed by atoms with Crippen LogP contribution in [0.3, 0.4) is 0 Å². The summed E-state index contributed by atoms with van der Waals surface area (Å²) in [6, 6.07) is 21.8. The Morgan fingerprint density at radius 2 is 1.67 bits per heavy atom. The average Bonchev–Trinajstić information content (AvgIpc) is 2.77. The summed E-state index contributed by atoms with van der Waals surface area (Å²) in [6.45, 7) is 3.69. The minimum absolute atomic E-state index is 0.00317. The third-order valence-corrected chi connectivity index (χ3v) is 6.63. The highest BCUT2D eigenvalue weighted by atomic mass is 35.5. The molecule has 0 fully saturated rings. The third kappa shape index (κ3) is 4.40. The van der Waals surface area contributed by atoms with Crippen LogP contribution in [-0.4, -0.2) is 27.9 Å². The molecule has 0 unspecified atom stereocenters. The molecule has 7 heteroatoms. The van der Waals surface area contributed by atoms with Crippen molar-refractivity contribution in [1.82, 2.24) is 0 Å². The number of carbonyl (C=O) groups excluding carboxylic acids is 1. The summed E-state index contributed by atoms with van der Waals surface area (Å²) in [5, 5.41) is 0.305. The van der Waals surface area contributed by atoms with Gasteiger partial charge in [0.25, 0.3) is 15.9 Å². The van der Waals surface area contributed by atoms with Gasteiger partial charge in [-0.2, -0.15) is 0 Å². The van der Waals surface area contributed by atoms with Crippen LogP contribution in [0, 0.1) is 0 Å². The van der Waals surface area contributed by atoms with Crippen molar-refractivity contribution in [2.75, 3.05) is 22.8 Å². The maximum atomic E-state index is 13.4. The Kier molecular flexibility index (Phi) is 6.59. The molecule has 1 amide bonds. The fourth-order valence-corrected chi connectivity index (χ4v) is 4.77. The molecule has 0 aliphatic carbocycles. The van der Waals surface area contributed by atoms with E-state index in [1.807, 2.05) is 30.3 Å². The highest BCUT2D eigenvalue weighted by Crippen LogP contribution is 2.30. The van der Waals surface area contributed by atoms with E-state index in [4.69, 9.17) is 11.6 Å². The largest absolute Gasteiger partial charge is 0.311 e. The topological polar surface area (TPSA) is 57.7 Å². The molecule has 0 saturated carbocycles. The van der Waals surface area contributed by atoms with E-state index < -0.39 is 10.0 Å². The van der Waals surface area contributed by atoms with Crippen LogP contribution in [0.25, 0.3) is 0 Å². The van der Waals surface area contributed by atoms with E-state index in [1.165, 1.54) is 27.4 Å². The van der Waals surface area contributed by atoms with Crippen molar-refractivity contribution in [1.29, 1.82) is 0 Å². The number of rotatable bonds is 7. The van der Waals surface area contributed by atoms with E-state index in [1.54, 1.807) is 43.4 Å². The van der Waals surface area contributed by atoms with Crippen molar-refractivity contribution in [2.45, 2.75) is 4.90 Å². The van der Waals surface area contributed by atoms with Gasteiger partial charge in [0.05, 0.1) is 22.2 Å². The number of sulfonamides is 1. The Morgan fingerprint density at radius 3 is 2.33 bits per heavy atom. The molecular formula is C23H21ClN2O3S. The highest BCUT2D eigenvalue weighted by molar-refractivity contribution is 7.92. The van der Waals surface area contributed by atoms with Gasteiger partial charge in [-0.15, -0.1) is 6.58 Å². The van der Waals surface area contributed by atoms with Gasteiger partial charge in [0.1, 0.15) is 0 Å². The maximum Gasteiger partial charge on any atom is 0.264 e. The summed E-state index contributed by atoms with van der Waals surface area (Å²) in [5.41, 5.74) is 1.32. The predicted octanol–water partition coefficient (Wildman–Crippen LogP) is 5.00. The molecule has 0 N–H and O–H groups in total. The molecule has 3 aromatic rings. The second-order valence-electron chi connectivity index (χ2n) is 6.50. The molecule has 0 aliphatic heterocycles. The SMILES string of the molecule is C=CCN(c1ccccc1Cl)S(=O)(=O)c1cccc(C(=O)N(C)c2ccccc2)c1. The Bertz CT molecular complexity index is 1160. The van der Waals surface area contributed by atoms with Gasteiger partial charge in [-0.1, -0.05) is 54.1 Å². The van der Waals surface area contributed by atoms with Gasteiger partial charge < -0.3 is 4.90 Å². The first-order chi connectivity index (χ1) is 14.4. The first-order valence-electron chi connectivity index (χ1n) is 9.17. The summed E-state index contributed by atoms with van der Waals surface area (Å²) in [5.74, 6) is -0.314. The van der Waals surface area contributed by atoms with E-state index >= 15 is 0 Å². The van der Waals surface area contributed by atoms with Crippen molar-refractivity contribution in [3.05, 3.63) is 102 Å². The number of benzene rings is 3. The number of halogens is 1. The van der Waals surface area contributed by atoms with Gasteiger partial charge in [0.2, 0.25) is 0 Å². The van der Waals surface area contributed by atoms with E-state index in [-0.39, 0.29) is 22.9 Å². The Hall–Kier alpha value is -3.09. The molecular weight excluding hydrogens is 420 g/mol. The van der Waals surface area contributed by atoms with E-state index in [2.05, 4.69) is 6.58 Å². The molecule has 0 heterocycles. The van der Waals surface area contributed by atoms with Crippen molar-refractivity contribution < 1.29 is 13.2 Å². The van der Waals surface area contributed by atoms with E-state index in [9.17, 15) is 13.2 Å². The third-order valence-electron chi connectivity index (χ3n) is 4.53. The molecule has 0 aliphatic rings. The molecule has 0 radical (unpaired) electrons. The van der Waals surface area contributed by atoms with Crippen molar-refractivity contribution in [3.8, 4) is 0 Å². The lowest BCUT2D eigenvalue weighted by Gasteiger charge is -2.24. The highest BCUT2D eigenvalue weighted by Gasteiger charge is 2.26. The van der Waals surface area contributed by atoms with Gasteiger partial charge in [-0.25, -0.2) is 8.42 Å². The van der Waals surface area contributed by atoms with Crippen LogP contribution in [0.4, 0.5) is 11.4 Å². The van der Waals surface area contributed by atoms with Crippen LogP contribution in [0.2, 0.25) is 5.02 Å². The number of nitrogens with zero attached hydrogens (tertiary/aromatic N) is 2. The fourth-order valence-electron chi connectivity index (χ4n) is 2.98. The van der Waals surface area contributed by atoms with Crippen molar-refractivity contribution in [3.63, 3.8) is 0 Å². The van der Waals surface area contributed by atoms with E-state index in [0.29, 0.717) is 16.4 Å². The van der Waals surface area contributed by atoms with Crippen LogP contribution in [0.1, 0.15) is 10.4 Å². The molecule has 0 bridgehead atoms. The summed E-state index contributed by atoms with van der Waals surface area (Å²) in [4.78, 5) is 14.4. The van der Waals surface area contributed by atoms with Crippen LogP contribution >= 0.6 is 11.6 Å². The first-order valence-corrected chi connectivity index (χ1v) is 11.0. The lowest BCUT2D eigenvalue weighted by molar-refractivity contribution is 0.0993. The number of hydrogen-bond acceptors (Lipinski definition) is 3.